The number of aryl methyl sites for hydroxylation is 1. The van der Waals surface area contributed by atoms with Gasteiger partial charge in [-0.1, -0.05) is 18.7 Å². The van der Waals surface area contributed by atoms with Crippen molar-refractivity contribution >= 4 is 17.7 Å². The number of nitrogens with zero attached hydrogens (tertiary/aromatic N) is 2. The van der Waals surface area contributed by atoms with E-state index < -0.39 is 0 Å². The maximum atomic E-state index is 12.4. The molecule has 1 aliphatic carbocycles. The van der Waals surface area contributed by atoms with Crippen molar-refractivity contribution in [1.82, 2.24) is 14.9 Å². The Labute approximate surface area is 135 Å². The van der Waals surface area contributed by atoms with E-state index >= 15 is 0 Å². The molecule has 1 fully saturated rings. The van der Waals surface area contributed by atoms with Crippen molar-refractivity contribution < 1.29 is 4.79 Å². The molecule has 1 N–H and O–H groups in total. The lowest BCUT2D eigenvalue weighted by Crippen LogP contribution is -2.34. The fourth-order valence-electron chi connectivity index (χ4n) is 2.57. The Morgan fingerprint density at radius 3 is 2.73 bits per heavy atom. The van der Waals surface area contributed by atoms with Crippen LogP contribution < -0.4 is 5.56 Å². The molecule has 1 aromatic heterocycles. The quantitative estimate of drug-likeness (QED) is 0.589. The molecule has 0 saturated heterocycles. The Bertz CT molecular complexity index is 581. The highest BCUT2D eigenvalue weighted by atomic mass is 32.2. The van der Waals surface area contributed by atoms with Crippen molar-refractivity contribution in [2.24, 2.45) is 5.92 Å². The molecule has 0 aromatic carbocycles. The lowest BCUT2D eigenvalue weighted by molar-refractivity contribution is -0.131. The Kier molecular flexibility index (Phi) is 6.06. The highest BCUT2D eigenvalue weighted by molar-refractivity contribution is 7.98. The lowest BCUT2D eigenvalue weighted by atomic mass is 10.1. The van der Waals surface area contributed by atoms with Crippen LogP contribution in [0.4, 0.5) is 0 Å². The molecule has 0 bridgehead atoms. The third kappa shape index (κ3) is 4.60. The first kappa shape index (κ1) is 17.1. The summed E-state index contributed by atoms with van der Waals surface area (Å²) in [6, 6.07) is 0. The molecule has 1 aliphatic rings. The number of hydrogen-bond acceptors (Lipinski definition) is 4. The zero-order valence-electron chi connectivity index (χ0n) is 13.6. The van der Waals surface area contributed by atoms with Gasteiger partial charge < -0.3 is 9.88 Å². The van der Waals surface area contributed by atoms with E-state index in [1.807, 2.05) is 18.1 Å². The van der Waals surface area contributed by atoms with Crippen LogP contribution in [0.3, 0.4) is 0 Å². The van der Waals surface area contributed by atoms with Crippen LogP contribution in [-0.4, -0.2) is 40.1 Å². The Balaban J connectivity index is 1.98. The normalized spacial score (nSPS) is 14.1. The van der Waals surface area contributed by atoms with Crippen molar-refractivity contribution in [3.8, 4) is 0 Å². The fraction of sp³-hybridized carbons (Fsp3) is 0.688. The lowest BCUT2D eigenvalue weighted by Gasteiger charge is -2.22. The molecule has 0 unspecified atom stereocenters. The van der Waals surface area contributed by atoms with Gasteiger partial charge in [-0.3, -0.25) is 9.59 Å². The van der Waals surface area contributed by atoms with Gasteiger partial charge in [0.25, 0.3) is 5.56 Å². The molecule has 1 heterocycles. The van der Waals surface area contributed by atoms with Gasteiger partial charge in [0.05, 0.1) is 0 Å². The van der Waals surface area contributed by atoms with Crippen LogP contribution in [0.5, 0.6) is 0 Å². The molecule has 5 nitrogen and oxygen atoms in total. The van der Waals surface area contributed by atoms with Crippen LogP contribution >= 0.6 is 11.8 Å². The van der Waals surface area contributed by atoms with Crippen molar-refractivity contribution in [2.45, 2.75) is 51.1 Å². The molecular weight excluding hydrogens is 298 g/mol. The molecule has 0 radical (unpaired) electrons. The van der Waals surface area contributed by atoms with Gasteiger partial charge in [0, 0.05) is 30.8 Å². The number of carbonyl (C=O) groups is 1. The first-order valence-electron chi connectivity index (χ1n) is 7.96. The molecule has 1 saturated carbocycles. The minimum atomic E-state index is -0.117. The summed E-state index contributed by atoms with van der Waals surface area (Å²) in [7, 11) is 0. The molecule has 0 spiro atoms. The van der Waals surface area contributed by atoms with Crippen LogP contribution in [0, 0.1) is 12.8 Å². The number of H-pyrrole nitrogens is 1. The van der Waals surface area contributed by atoms with Crippen molar-refractivity contribution in [1.29, 1.82) is 0 Å². The topological polar surface area (TPSA) is 66.1 Å². The monoisotopic (exact) mass is 323 g/mol. The van der Waals surface area contributed by atoms with E-state index in [9.17, 15) is 9.59 Å². The summed E-state index contributed by atoms with van der Waals surface area (Å²) in [4.78, 5) is 33.6. The van der Waals surface area contributed by atoms with E-state index in [1.54, 1.807) is 0 Å². The van der Waals surface area contributed by atoms with Crippen LogP contribution in [0.1, 0.15) is 43.9 Å². The van der Waals surface area contributed by atoms with E-state index in [2.05, 4.69) is 16.9 Å². The van der Waals surface area contributed by atoms with Gasteiger partial charge in [-0.2, -0.15) is 0 Å². The fourth-order valence-corrected chi connectivity index (χ4v) is 2.99. The predicted molar refractivity (Wildman–Crippen MR) is 89.3 cm³/mol. The number of rotatable bonds is 8. The number of aromatic nitrogens is 2. The number of hydrogen-bond donors (Lipinski definition) is 1. The molecule has 22 heavy (non-hydrogen) atoms. The minimum absolute atomic E-state index is 0.117. The summed E-state index contributed by atoms with van der Waals surface area (Å²) < 4.78 is 0. The number of nitrogens with one attached hydrogen (secondary N) is 1. The van der Waals surface area contributed by atoms with Gasteiger partial charge in [0.1, 0.15) is 0 Å². The van der Waals surface area contributed by atoms with Gasteiger partial charge in [-0.15, -0.1) is 0 Å². The summed E-state index contributed by atoms with van der Waals surface area (Å²) in [6.45, 7) is 5.62. The van der Waals surface area contributed by atoms with Crippen LogP contribution in [0.15, 0.2) is 9.95 Å². The maximum Gasteiger partial charge on any atom is 0.254 e. The van der Waals surface area contributed by atoms with Crippen LogP contribution in [0.25, 0.3) is 0 Å². The Hall–Kier alpha value is -1.30. The molecule has 0 aliphatic heterocycles. The third-order valence-corrected chi connectivity index (χ3v) is 4.58. The predicted octanol–water partition coefficient (Wildman–Crippen LogP) is 2.38. The second-order valence-corrected chi connectivity index (χ2v) is 6.72. The zero-order chi connectivity index (χ0) is 16.1. The molecule has 1 amide bonds. The summed E-state index contributed by atoms with van der Waals surface area (Å²) in [5, 5.41) is 0.624. The standard InChI is InChI=1S/C16H25N3O2S/c1-4-9-19(10-12-5-6-12)14(20)8-7-13-11(2)17-16(22-3)18-15(13)21/h12H,4-10H2,1-3H3,(H,17,18,21). The summed E-state index contributed by atoms with van der Waals surface area (Å²) in [5.74, 6) is 0.852. The molecular formula is C16H25N3O2S. The number of amides is 1. The highest BCUT2D eigenvalue weighted by Gasteiger charge is 2.26. The summed E-state index contributed by atoms with van der Waals surface area (Å²) >= 11 is 1.41. The minimum Gasteiger partial charge on any atom is -0.342 e. The number of carbonyl (C=O) groups excluding carboxylic acids is 1. The smallest absolute Gasteiger partial charge is 0.254 e. The van der Waals surface area contributed by atoms with E-state index in [-0.39, 0.29) is 11.5 Å². The van der Waals surface area contributed by atoms with Crippen LogP contribution in [-0.2, 0) is 11.2 Å². The number of thioether (sulfide) groups is 1. The molecule has 2 rings (SSSR count). The van der Waals surface area contributed by atoms with Gasteiger partial charge in [-0.05, 0) is 44.8 Å². The van der Waals surface area contributed by atoms with Crippen molar-refractivity contribution in [3.05, 3.63) is 21.6 Å². The van der Waals surface area contributed by atoms with Crippen molar-refractivity contribution in [2.75, 3.05) is 19.3 Å². The average Bonchev–Trinajstić information content (AvgIpc) is 3.29. The largest absolute Gasteiger partial charge is 0.342 e. The highest BCUT2D eigenvalue weighted by Crippen LogP contribution is 2.30. The van der Waals surface area contributed by atoms with Gasteiger partial charge in [0.2, 0.25) is 5.91 Å². The van der Waals surface area contributed by atoms with E-state index in [4.69, 9.17) is 0 Å². The van der Waals surface area contributed by atoms with Gasteiger partial charge in [-0.25, -0.2) is 4.98 Å². The SMILES string of the molecule is CCCN(CC1CC1)C(=O)CCc1c(C)nc(SC)[nH]c1=O. The average molecular weight is 323 g/mol. The summed E-state index contributed by atoms with van der Waals surface area (Å²) in [5.41, 5.74) is 1.24. The molecule has 0 atom stereocenters. The second kappa shape index (κ2) is 7.81. The second-order valence-electron chi connectivity index (χ2n) is 5.92. The molecule has 1 aromatic rings. The Morgan fingerprint density at radius 1 is 1.45 bits per heavy atom. The van der Waals surface area contributed by atoms with Gasteiger partial charge in [0.15, 0.2) is 5.16 Å². The van der Waals surface area contributed by atoms with Crippen LogP contribution in [0.2, 0.25) is 0 Å². The molecule has 122 valence electrons. The zero-order valence-corrected chi connectivity index (χ0v) is 14.5. The first-order chi connectivity index (χ1) is 10.5. The van der Waals surface area contributed by atoms with E-state index in [0.717, 1.165) is 25.2 Å². The third-order valence-electron chi connectivity index (χ3n) is 4.00. The van der Waals surface area contributed by atoms with Crippen molar-refractivity contribution in [3.63, 3.8) is 0 Å². The molecule has 6 heteroatoms. The van der Waals surface area contributed by atoms with E-state index in [0.29, 0.717) is 29.5 Å². The number of aromatic amines is 1. The summed E-state index contributed by atoms with van der Waals surface area (Å²) in [6.07, 6.45) is 6.19. The maximum absolute atomic E-state index is 12.4. The first-order valence-corrected chi connectivity index (χ1v) is 9.19. The van der Waals surface area contributed by atoms with E-state index in [1.165, 1.54) is 24.6 Å². The van der Waals surface area contributed by atoms with Gasteiger partial charge >= 0.3 is 0 Å². The Morgan fingerprint density at radius 2 is 2.18 bits per heavy atom.